The highest BCUT2D eigenvalue weighted by molar-refractivity contribution is 9.10. The van der Waals surface area contributed by atoms with Gasteiger partial charge in [0.2, 0.25) is 0 Å². The first-order valence-electron chi connectivity index (χ1n) is 11.6. The van der Waals surface area contributed by atoms with Crippen LogP contribution in [0, 0.1) is 13.8 Å². The average molecular weight is 580 g/mol. The Morgan fingerprint density at radius 2 is 1.59 bits per heavy atom. The van der Waals surface area contributed by atoms with E-state index in [2.05, 4.69) is 21.2 Å². The minimum atomic E-state index is -3.92. The van der Waals surface area contributed by atoms with E-state index in [1.807, 2.05) is 50.2 Å². The van der Waals surface area contributed by atoms with E-state index in [4.69, 9.17) is 4.74 Å². The normalized spacial score (nSPS) is 11.1. The number of carbonyl (C=O) groups is 1. The number of rotatable bonds is 8. The highest BCUT2D eigenvalue weighted by atomic mass is 79.9. The van der Waals surface area contributed by atoms with Gasteiger partial charge in [0.25, 0.3) is 15.9 Å². The number of carbonyl (C=O) groups excluding carboxylic acids is 1. The van der Waals surface area contributed by atoms with Crippen molar-refractivity contribution in [3.05, 3.63) is 118 Å². The third-order valence-electron chi connectivity index (χ3n) is 5.85. The van der Waals surface area contributed by atoms with Gasteiger partial charge in [-0.05, 0) is 95.5 Å². The number of benzene rings is 4. The zero-order valence-corrected chi connectivity index (χ0v) is 23.1. The fourth-order valence-electron chi connectivity index (χ4n) is 3.81. The molecule has 4 aromatic carbocycles. The van der Waals surface area contributed by atoms with Gasteiger partial charge in [-0.2, -0.15) is 0 Å². The number of methoxy groups -OCH3 is 1. The van der Waals surface area contributed by atoms with Gasteiger partial charge in [0, 0.05) is 11.3 Å². The summed E-state index contributed by atoms with van der Waals surface area (Å²) in [6.45, 7) is 4.00. The van der Waals surface area contributed by atoms with Crippen LogP contribution in [-0.2, 0) is 16.6 Å². The highest BCUT2D eigenvalue weighted by Crippen LogP contribution is 2.32. The van der Waals surface area contributed by atoms with Gasteiger partial charge in [-0.1, -0.05) is 42.0 Å². The summed E-state index contributed by atoms with van der Waals surface area (Å²) >= 11 is 3.38. The molecule has 1 N–H and O–H groups in total. The number of hydrogen-bond acceptors (Lipinski definition) is 4. The average Bonchev–Trinajstić information content (AvgIpc) is 2.88. The van der Waals surface area contributed by atoms with Gasteiger partial charge in [-0.25, -0.2) is 8.42 Å². The lowest BCUT2D eigenvalue weighted by Crippen LogP contribution is -2.30. The quantitative estimate of drug-likeness (QED) is 0.252. The van der Waals surface area contributed by atoms with Crippen molar-refractivity contribution in [1.29, 1.82) is 0 Å². The van der Waals surface area contributed by atoms with E-state index in [-0.39, 0.29) is 17.3 Å². The predicted molar refractivity (Wildman–Crippen MR) is 151 cm³/mol. The van der Waals surface area contributed by atoms with E-state index in [0.717, 1.165) is 22.4 Å². The van der Waals surface area contributed by atoms with E-state index in [1.54, 1.807) is 42.5 Å². The van der Waals surface area contributed by atoms with Gasteiger partial charge in [-0.3, -0.25) is 9.10 Å². The summed E-state index contributed by atoms with van der Waals surface area (Å²) in [5.41, 5.74) is 4.56. The standard InChI is InChI=1S/C29H27BrN2O4S/c1-20-7-13-25(14-8-20)32(37(34,35)26-15-16-28(36-3)27(30)18-26)19-22-9-11-23(12-10-22)29(33)31-24-6-4-5-21(2)17-24/h4-18H,19H2,1-3H3,(H,31,33). The fourth-order valence-corrected chi connectivity index (χ4v) is 5.99. The zero-order valence-electron chi connectivity index (χ0n) is 20.7. The number of amides is 1. The lowest BCUT2D eigenvalue weighted by molar-refractivity contribution is 0.102. The van der Waals surface area contributed by atoms with Gasteiger partial charge >= 0.3 is 0 Å². The smallest absolute Gasteiger partial charge is 0.264 e. The van der Waals surface area contributed by atoms with Crippen molar-refractivity contribution in [3.8, 4) is 5.75 Å². The summed E-state index contributed by atoms with van der Waals surface area (Å²) in [4.78, 5) is 12.8. The maximum atomic E-state index is 13.8. The second-order valence-electron chi connectivity index (χ2n) is 8.66. The second kappa shape index (κ2) is 11.2. The number of ether oxygens (including phenoxy) is 1. The van der Waals surface area contributed by atoms with E-state index < -0.39 is 10.0 Å². The van der Waals surface area contributed by atoms with Gasteiger partial charge < -0.3 is 10.1 Å². The first kappa shape index (κ1) is 26.4. The molecule has 0 atom stereocenters. The lowest BCUT2D eigenvalue weighted by atomic mass is 10.1. The van der Waals surface area contributed by atoms with Crippen molar-refractivity contribution in [2.75, 3.05) is 16.7 Å². The van der Waals surface area contributed by atoms with E-state index in [0.29, 0.717) is 21.5 Å². The van der Waals surface area contributed by atoms with E-state index >= 15 is 0 Å². The van der Waals surface area contributed by atoms with Gasteiger partial charge in [0.05, 0.1) is 28.7 Å². The van der Waals surface area contributed by atoms with Crippen LogP contribution in [0.3, 0.4) is 0 Å². The minimum absolute atomic E-state index is 0.0921. The summed E-state index contributed by atoms with van der Waals surface area (Å²) in [5.74, 6) is 0.309. The second-order valence-corrected chi connectivity index (χ2v) is 11.4. The number of anilines is 2. The van der Waals surface area contributed by atoms with Gasteiger partial charge in [0.15, 0.2) is 0 Å². The molecule has 0 heterocycles. The molecule has 4 rings (SSSR count). The fraction of sp³-hybridized carbons (Fsp3) is 0.138. The van der Waals surface area contributed by atoms with Gasteiger partial charge in [-0.15, -0.1) is 0 Å². The Hall–Kier alpha value is -3.62. The van der Waals surface area contributed by atoms with Crippen LogP contribution < -0.4 is 14.4 Å². The summed E-state index contributed by atoms with van der Waals surface area (Å²) < 4.78 is 34.7. The topological polar surface area (TPSA) is 75.7 Å². The SMILES string of the molecule is COc1ccc(S(=O)(=O)N(Cc2ccc(C(=O)Nc3cccc(C)c3)cc2)c2ccc(C)cc2)cc1Br. The van der Waals surface area contributed by atoms with E-state index in [1.165, 1.54) is 23.5 Å². The molecule has 0 unspecified atom stereocenters. The maximum absolute atomic E-state index is 13.8. The summed E-state index contributed by atoms with van der Waals surface area (Å²) in [7, 11) is -2.39. The molecule has 0 spiro atoms. The van der Waals surface area contributed by atoms with Crippen LogP contribution in [0.5, 0.6) is 5.75 Å². The molecule has 0 saturated carbocycles. The molecular formula is C29H27BrN2O4S. The summed E-state index contributed by atoms with van der Waals surface area (Å²) in [6.07, 6.45) is 0. The molecule has 6 nitrogen and oxygen atoms in total. The molecule has 0 aliphatic heterocycles. The molecule has 0 aromatic heterocycles. The van der Waals surface area contributed by atoms with Crippen molar-refractivity contribution >= 4 is 43.2 Å². The first-order chi connectivity index (χ1) is 17.7. The Balaban J connectivity index is 1.62. The third kappa shape index (κ3) is 6.21. The Morgan fingerprint density at radius 1 is 0.892 bits per heavy atom. The molecule has 0 radical (unpaired) electrons. The van der Waals surface area contributed by atoms with Crippen LogP contribution in [0.15, 0.2) is 100 Å². The third-order valence-corrected chi connectivity index (χ3v) is 8.24. The molecule has 0 bridgehead atoms. The Labute approximate surface area is 226 Å². The zero-order chi connectivity index (χ0) is 26.6. The predicted octanol–water partition coefficient (Wildman–Crippen LogP) is 6.72. The molecule has 1 amide bonds. The molecule has 0 fully saturated rings. The molecule has 190 valence electrons. The van der Waals surface area contributed by atoms with Crippen LogP contribution in [-0.4, -0.2) is 21.4 Å². The lowest BCUT2D eigenvalue weighted by Gasteiger charge is -2.25. The number of aryl methyl sites for hydroxylation is 2. The van der Waals surface area contributed by atoms with Crippen molar-refractivity contribution in [1.82, 2.24) is 0 Å². The summed E-state index contributed by atoms with van der Waals surface area (Å²) in [5, 5.41) is 2.89. The Morgan fingerprint density at radius 3 is 2.22 bits per heavy atom. The van der Waals surface area contributed by atoms with E-state index in [9.17, 15) is 13.2 Å². The maximum Gasteiger partial charge on any atom is 0.264 e. The number of nitrogens with zero attached hydrogens (tertiary/aromatic N) is 1. The minimum Gasteiger partial charge on any atom is -0.496 e. The van der Waals surface area contributed by atoms with Crippen LogP contribution in [0.2, 0.25) is 0 Å². The number of sulfonamides is 1. The van der Waals surface area contributed by atoms with Crippen molar-refractivity contribution in [2.24, 2.45) is 0 Å². The molecule has 8 heteroatoms. The molecule has 0 aliphatic rings. The van der Waals surface area contributed by atoms with Gasteiger partial charge in [0.1, 0.15) is 5.75 Å². The van der Waals surface area contributed by atoms with Crippen LogP contribution >= 0.6 is 15.9 Å². The molecule has 37 heavy (non-hydrogen) atoms. The largest absolute Gasteiger partial charge is 0.496 e. The molecular weight excluding hydrogens is 552 g/mol. The van der Waals surface area contributed by atoms with Crippen LogP contribution in [0.25, 0.3) is 0 Å². The van der Waals surface area contributed by atoms with Crippen molar-refractivity contribution in [2.45, 2.75) is 25.3 Å². The Bertz CT molecular complexity index is 1520. The summed E-state index contributed by atoms with van der Waals surface area (Å²) in [6, 6.07) is 26.5. The molecule has 4 aromatic rings. The Kier molecular flexibility index (Phi) is 8.00. The molecule has 0 saturated heterocycles. The van der Waals surface area contributed by atoms with Crippen molar-refractivity contribution < 1.29 is 17.9 Å². The molecule has 0 aliphatic carbocycles. The number of hydrogen-bond donors (Lipinski definition) is 1. The first-order valence-corrected chi connectivity index (χ1v) is 13.8. The highest BCUT2D eigenvalue weighted by Gasteiger charge is 2.26. The van der Waals surface area contributed by atoms with Crippen LogP contribution in [0.4, 0.5) is 11.4 Å². The van der Waals surface area contributed by atoms with Crippen LogP contribution in [0.1, 0.15) is 27.0 Å². The monoisotopic (exact) mass is 578 g/mol. The van der Waals surface area contributed by atoms with Crippen molar-refractivity contribution in [3.63, 3.8) is 0 Å². The number of nitrogens with one attached hydrogen (secondary N) is 1. The number of halogens is 1.